The molecule has 1 saturated heterocycles. The van der Waals surface area contributed by atoms with Gasteiger partial charge in [0.15, 0.2) is 17.2 Å². The Bertz CT molecular complexity index is 851. The van der Waals surface area contributed by atoms with Crippen molar-refractivity contribution in [1.29, 1.82) is 0 Å². The molecule has 3 rings (SSSR count). The molecule has 2 aromatic rings. The van der Waals surface area contributed by atoms with Crippen molar-refractivity contribution in [2.75, 3.05) is 13.1 Å². The van der Waals surface area contributed by atoms with Gasteiger partial charge in [-0.25, -0.2) is 0 Å². The number of piperidine rings is 1. The summed E-state index contributed by atoms with van der Waals surface area (Å²) >= 11 is 0. The highest BCUT2D eigenvalue weighted by Crippen LogP contribution is 2.35. The van der Waals surface area contributed by atoms with Gasteiger partial charge in [0.2, 0.25) is 0 Å². The molecule has 0 spiro atoms. The highest BCUT2D eigenvalue weighted by Gasteiger charge is 2.26. The van der Waals surface area contributed by atoms with Crippen LogP contribution >= 0.6 is 0 Å². The van der Waals surface area contributed by atoms with Crippen molar-refractivity contribution < 1.29 is 30.0 Å². The fraction of sp³-hybridized carbons (Fsp3) is 0.263. The number of phenolic OH excluding ortho intramolecular Hbond substituents is 4. The summed E-state index contributed by atoms with van der Waals surface area (Å²) in [5.41, 5.74) is 0.269. The van der Waals surface area contributed by atoms with Crippen molar-refractivity contribution in [3.63, 3.8) is 0 Å². The van der Waals surface area contributed by atoms with Gasteiger partial charge < -0.3 is 30.6 Å². The maximum absolute atomic E-state index is 12.5. The van der Waals surface area contributed by atoms with E-state index in [2.05, 4.69) is 5.32 Å². The lowest BCUT2D eigenvalue weighted by Crippen LogP contribution is -2.46. The molecule has 1 heterocycles. The van der Waals surface area contributed by atoms with E-state index in [0.29, 0.717) is 25.9 Å². The third-order valence-electron chi connectivity index (χ3n) is 4.58. The van der Waals surface area contributed by atoms with Gasteiger partial charge in [-0.3, -0.25) is 9.59 Å². The molecule has 0 aliphatic carbocycles. The predicted molar refractivity (Wildman–Crippen MR) is 95.9 cm³/mol. The molecule has 0 saturated carbocycles. The number of amides is 2. The average molecular weight is 372 g/mol. The molecule has 142 valence electrons. The smallest absolute Gasteiger partial charge is 0.257 e. The minimum absolute atomic E-state index is 0.0236. The quantitative estimate of drug-likeness (QED) is 0.520. The van der Waals surface area contributed by atoms with Gasteiger partial charge in [0.25, 0.3) is 11.8 Å². The van der Waals surface area contributed by atoms with Crippen LogP contribution in [0.2, 0.25) is 0 Å². The predicted octanol–water partition coefficient (Wildman–Crippen LogP) is 1.54. The number of hydrogen-bond donors (Lipinski definition) is 5. The Morgan fingerprint density at radius 1 is 0.926 bits per heavy atom. The van der Waals surface area contributed by atoms with Gasteiger partial charge in [0, 0.05) is 24.7 Å². The zero-order valence-corrected chi connectivity index (χ0v) is 14.4. The number of rotatable bonds is 3. The van der Waals surface area contributed by atoms with Gasteiger partial charge in [0.1, 0.15) is 5.75 Å². The van der Waals surface area contributed by atoms with Gasteiger partial charge in [0.05, 0.1) is 5.56 Å². The minimum atomic E-state index is -0.678. The van der Waals surface area contributed by atoms with Gasteiger partial charge >= 0.3 is 0 Å². The third-order valence-corrected chi connectivity index (χ3v) is 4.58. The van der Waals surface area contributed by atoms with E-state index in [9.17, 15) is 30.0 Å². The van der Waals surface area contributed by atoms with Crippen LogP contribution in [0.25, 0.3) is 0 Å². The molecular weight excluding hydrogens is 352 g/mol. The second-order valence-electron chi connectivity index (χ2n) is 6.42. The maximum Gasteiger partial charge on any atom is 0.257 e. The number of benzene rings is 2. The lowest BCUT2D eigenvalue weighted by Gasteiger charge is -2.32. The standard InChI is InChI=1S/C19H20N2O6/c22-14-4-2-1-3-13(14)19(27)21-7-5-12(6-8-21)20-18(26)11-9-15(23)17(25)16(24)10-11/h1-4,9-10,12,22-25H,5-8H2,(H,20,26). The zero-order valence-electron chi connectivity index (χ0n) is 14.4. The van der Waals surface area contributed by atoms with Crippen LogP contribution in [0.3, 0.4) is 0 Å². The van der Waals surface area contributed by atoms with Gasteiger partial charge in [-0.1, -0.05) is 12.1 Å². The van der Waals surface area contributed by atoms with E-state index in [1.807, 2.05) is 0 Å². The van der Waals surface area contributed by atoms with E-state index < -0.39 is 23.2 Å². The number of nitrogens with one attached hydrogen (secondary N) is 1. The molecule has 1 aliphatic rings. The lowest BCUT2D eigenvalue weighted by molar-refractivity contribution is 0.0695. The van der Waals surface area contributed by atoms with Crippen LogP contribution in [-0.2, 0) is 0 Å². The summed E-state index contributed by atoms with van der Waals surface area (Å²) < 4.78 is 0. The monoisotopic (exact) mass is 372 g/mol. The number of hydrogen-bond acceptors (Lipinski definition) is 6. The van der Waals surface area contributed by atoms with Gasteiger partial charge in [-0.15, -0.1) is 0 Å². The molecule has 1 fully saturated rings. The third kappa shape index (κ3) is 3.89. The van der Waals surface area contributed by atoms with E-state index in [1.165, 1.54) is 6.07 Å². The molecule has 0 radical (unpaired) electrons. The van der Waals surface area contributed by atoms with Crippen molar-refractivity contribution >= 4 is 11.8 Å². The number of carbonyl (C=O) groups is 2. The molecule has 2 amide bonds. The topological polar surface area (TPSA) is 130 Å². The molecule has 0 unspecified atom stereocenters. The van der Waals surface area contributed by atoms with E-state index in [-0.39, 0.29) is 28.8 Å². The first-order valence-electron chi connectivity index (χ1n) is 8.50. The van der Waals surface area contributed by atoms with E-state index in [4.69, 9.17) is 0 Å². The van der Waals surface area contributed by atoms with Gasteiger partial charge in [-0.05, 0) is 37.1 Å². The molecule has 0 aromatic heterocycles. The minimum Gasteiger partial charge on any atom is -0.507 e. The van der Waals surface area contributed by atoms with Crippen LogP contribution in [-0.4, -0.2) is 56.3 Å². The first kappa shape index (κ1) is 18.4. The largest absolute Gasteiger partial charge is 0.507 e. The van der Waals surface area contributed by atoms with Gasteiger partial charge in [-0.2, -0.15) is 0 Å². The second-order valence-corrected chi connectivity index (χ2v) is 6.42. The summed E-state index contributed by atoms with van der Waals surface area (Å²) in [5, 5.41) is 41.0. The van der Waals surface area contributed by atoms with Crippen LogP contribution in [0.15, 0.2) is 36.4 Å². The van der Waals surface area contributed by atoms with Crippen LogP contribution < -0.4 is 5.32 Å². The van der Waals surface area contributed by atoms with Crippen LogP contribution in [0, 0.1) is 0 Å². The lowest BCUT2D eigenvalue weighted by atomic mass is 10.0. The van der Waals surface area contributed by atoms with E-state index in [0.717, 1.165) is 12.1 Å². The molecule has 0 bridgehead atoms. The van der Waals surface area contributed by atoms with Crippen molar-refractivity contribution in [3.05, 3.63) is 47.5 Å². The molecule has 27 heavy (non-hydrogen) atoms. The maximum atomic E-state index is 12.5. The summed E-state index contributed by atoms with van der Waals surface area (Å²) in [6, 6.07) is 8.32. The Hall–Kier alpha value is -3.42. The number of likely N-dealkylation sites (tertiary alicyclic amines) is 1. The number of aromatic hydroxyl groups is 4. The SMILES string of the molecule is O=C(NC1CCN(C(=O)c2ccccc2O)CC1)c1cc(O)c(O)c(O)c1. The summed E-state index contributed by atoms with van der Waals surface area (Å²) in [6.07, 6.45) is 1.06. The van der Waals surface area contributed by atoms with Crippen molar-refractivity contribution in [3.8, 4) is 23.0 Å². The number of phenols is 4. The Kier molecular flexibility index (Phi) is 5.07. The van der Waals surface area contributed by atoms with Crippen molar-refractivity contribution in [2.24, 2.45) is 0 Å². The average Bonchev–Trinajstić information content (AvgIpc) is 2.66. The summed E-state index contributed by atoms with van der Waals surface area (Å²) in [6.45, 7) is 0.842. The molecule has 8 nitrogen and oxygen atoms in total. The number of para-hydroxylation sites is 1. The zero-order chi connectivity index (χ0) is 19.6. The normalized spacial score (nSPS) is 14.7. The highest BCUT2D eigenvalue weighted by molar-refractivity contribution is 5.97. The Morgan fingerprint density at radius 3 is 2.11 bits per heavy atom. The van der Waals surface area contributed by atoms with E-state index in [1.54, 1.807) is 23.1 Å². The molecule has 5 N–H and O–H groups in total. The Morgan fingerprint density at radius 2 is 1.52 bits per heavy atom. The summed E-state index contributed by atoms with van der Waals surface area (Å²) in [5.74, 6) is -2.66. The van der Waals surface area contributed by atoms with Crippen LogP contribution in [0.1, 0.15) is 33.6 Å². The number of nitrogens with zero attached hydrogens (tertiary/aromatic N) is 1. The van der Waals surface area contributed by atoms with E-state index >= 15 is 0 Å². The first-order valence-corrected chi connectivity index (χ1v) is 8.50. The molecule has 2 aromatic carbocycles. The van der Waals surface area contributed by atoms with Crippen molar-refractivity contribution in [2.45, 2.75) is 18.9 Å². The molecular formula is C19H20N2O6. The highest BCUT2D eigenvalue weighted by atomic mass is 16.3. The fourth-order valence-electron chi connectivity index (χ4n) is 3.06. The molecule has 8 heteroatoms. The summed E-state index contributed by atoms with van der Waals surface area (Å²) in [7, 11) is 0. The Labute approximate surface area is 155 Å². The van der Waals surface area contributed by atoms with Crippen molar-refractivity contribution in [1.82, 2.24) is 10.2 Å². The molecule has 1 aliphatic heterocycles. The number of carbonyl (C=O) groups excluding carboxylic acids is 2. The fourth-order valence-corrected chi connectivity index (χ4v) is 3.06. The first-order chi connectivity index (χ1) is 12.9. The molecule has 0 atom stereocenters. The van der Waals surface area contributed by atoms with Crippen LogP contribution in [0.5, 0.6) is 23.0 Å². The second kappa shape index (κ2) is 7.45. The van der Waals surface area contributed by atoms with Crippen LogP contribution in [0.4, 0.5) is 0 Å². The summed E-state index contributed by atoms with van der Waals surface area (Å²) in [4.78, 5) is 26.4. The Balaban J connectivity index is 1.59.